The van der Waals surface area contributed by atoms with Gasteiger partial charge in [0.25, 0.3) is 0 Å². The molecule has 4 nitrogen and oxygen atoms in total. The molecule has 0 bridgehead atoms. The maximum Gasteiger partial charge on any atom is 0.0411 e. The van der Waals surface area contributed by atoms with E-state index in [0.29, 0.717) is 0 Å². The van der Waals surface area contributed by atoms with Crippen molar-refractivity contribution in [3.05, 3.63) is 158 Å². The summed E-state index contributed by atoms with van der Waals surface area (Å²) >= 11 is 0. The summed E-state index contributed by atoms with van der Waals surface area (Å²) in [4.78, 5) is 9.46. The van der Waals surface area contributed by atoms with Crippen LogP contribution in [0.4, 0.5) is 11.4 Å². The molecule has 0 aliphatic rings. The van der Waals surface area contributed by atoms with Crippen molar-refractivity contribution in [1.29, 1.82) is 0 Å². The predicted molar refractivity (Wildman–Crippen MR) is 186 cm³/mol. The summed E-state index contributed by atoms with van der Waals surface area (Å²) in [6.45, 7) is 29.8. The molecule has 0 aliphatic carbocycles. The van der Waals surface area contributed by atoms with Crippen LogP contribution < -0.4 is 4.90 Å². The highest BCUT2D eigenvalue weighted by Crippen LogP contribution is 2.25. The van der Waals surface area contributed by atoms with Crippen molar-refractivity contribution in [1.82, 2.24) is 14.7 Å². The van der Waals surface area contributed by atoms with Crippen LogP contribution in [0.2, 0.25) is 0 Å². The number of hydrogen-bond donors (Lipinski definition) is 0. The average molecular weight is 563 g/mol. The van der Waals surface area contributed by atoms with E-state index in [2.05, 4.69) is 133 Å². The quantitative estimate of drug-likeness (QED) is 0.158. The second-order valence-corrected chi connectivity index (χ2v) is 10.0. The summed E-state index contributed by atoms with van der Waals surface area (Å²) in [6, 6.07) is 21.2. The molecule has 222 valence electrons. The highest BCUT2D eigenvalue weighted by Gasteiger charge is 2.17. The monoisotopic (exact) mass is 562 g/mol. The summed E-state index contributed by atoms with van der Waals surface area (Å²) in [7, 11) is 0. The molecule has 0 radical (unpaired) electrons. The molecule has 0 heterocycles. The minimum atomic E-state index is 0.813. The number of para-hydroxylation sites is 2. The maximum absolute atomic E-state index is 4.33. The first kappa shape index (κ1) is 33.9. The molecule has 4 heteroatoms. The first-order valence-electron chi connectivity index (χ1n) is 14.7. The minimum Gasteiger partial charge on any atom is -0.345 e. The van der Waals surface area contributed by atoms with E-state index in [1.165, 1.54) is 11.4 Å². The van der Waals surface area contributed by atoms with Crippen molar-refractivity contribution in [3.8, 4) is 0 Å². The number of benzene rings is 2. The minimum absolute atomic E-state index is 0.813. The van der Waals surface area contributed by atoms with Gasteiger partial charge in [-0.3, -0.25) is 4.90 Å². The lowest BCUT2D eigenvalue weighted by atomic mass is 10.2. The molecule has 42 heavy (non-hydrogen) atoms. The van der Waals surface area contributed by atoms with Crippen LogP contribution in [0.3, 0.4) is 0 Å². The summed E-state index contributed by atoms with van der Waals surface area (Å²) in [5.41, 5.74) is 6.55. The standard InChI is InChI=1S/C38H50N4/c1-9-19-33(5)40(34(6)20-10-2)30-27-39(28-31-41(35(7)21-11-3)36(8)22-12-4)29-32-42(37-23-15-13-16-24-37)38-25-17-14-18-26-38/h9-26H,1,3,6,8,27-32H2,2,4-5,7H3/b20-10-,22-12-,33-19+,35-21+. The molecule has 0 amide bonds. The van der Waals surface area contributed by atoms with Gasteiger partial charge in [-0.1, -0.05) is 87.0 Å². The zero-order valence-electron chi connectivity index (χ0n) is 26.3. The van der Waals surface area contributed by atoms with Crippen LogP contribution >= 0.6 is 0 Å². The average Bonchev–Trinajstić information content (AvgIpc) is 2.98. The highest BCUT2D eigenvalue weighted by atomic mass is 15.3. The van der Waals surface area contributed by atoms with Gasteiger partial charge in [-0.25, -0.2) is 0 Å². The Morgan fingerprint density at radius 1 is 0.595 bits per heavy atom. The van der Waals surface area contributed by atoms with E-state index in [0.717, 1.165) is 62.1 Å². The maximum atomic E-state index is 4.33. The van der Waals surface area contributed by atoms with Crippen LogP contribution in [-0.2, 0) is 0 Å². The van der Waals surface area contributed by atoms with Gasteiger partial charge in [0.05, 0.1) is 0 Å². The fourth-order valence-electron chi connectivity index (χ4n) is 4.86. The van der Waals surface area contributed by atoms with Crippen LogP contribution in [0.1, 0.15) is 27.7 Å². The van der Waals surface area contributed by atoms with E-state index in [1.807, 2.05) is 50.3 Å². The largest absolute Gasteiger partial charge is 0.345 e. The van der Waals surface area contributed by atoms with E-state index >= 15 is 0 Å². The fraction of sp³-hybridized carbons (Fsp3) is 0.263. The number of nitrogens with zero attached hydrogens (tertiary/aromatic N) is 4. The zero-order valence-corrected chi connectivity index (χ0v) is 26.3. The predicted octanol–water partition coefficient (Wildman–Crippen LogP) is 9.09. The van der Waals surface area contributed by atoms with Gasteiger partial charge in [0.1, 0.15) is 0 Å². The Hall–Kier alpha value is -4.28. The van der Waals surface area contributed by atoms with E-state index in [-0.39, 0.29) is 0 Å². The number of hydrogen-bond acceptors (Lipinski definition) is 4. The first-order chi connectivity index (χ1) is 20.4. The van der Waals surface area contributed by atoms with Crippen LogP contribution in [0, 0.1) is 0 Å². The molecule has 0 unspecified atom stereocenters. The van der Waals surface area contributed by atoms with Gasteiger partial charge < -0.3 is 14.7 Å². The lowest BCUT2D eigenvalue weighted by molar-refractivity contribution is 0.233. The van der Waals surface area contributed by atoms with E-state index < -0.39 is 0 Å². The van der Waals surface area contributed by atoms with Crippen LogP contribution in [0.15, 0.2) is 158 Å². The molecule has 0 spiro atoms. The van der Waals surface area contributed by atoms with E-state index in [1.54, 1.807) is 0 Å². The van der Waals surface area contributed by atoms with Gasteiger partial charge in [-0.2, -0.15) is 0 Å². The summed E-state index contributed by atoms with van der Waals surface area (Å²) in [5.74, 6) is 0. The molecule has 0 atom stereocenters. The SMILES string of the molecule is C=C/C=C(\C)N(CCN(CCN(C(=C)/C=C\C)/C(C)=C/C=C)CCN(c1ccccc1)c1ccccc1)C(=C)/C=C\C. The van der Waals surface area contributed by atoms with Crippen molar-refractivity contribution in [2.75, 3.05) is 44.2 Å². The van der Waals surface area contributed by atoms with Crippen molar-refractivity contribution < 1.29 is 0 Å². The van der Waals surface area contributed by atoms with Gasteiger partial charge in [-0.05, 0) is 76.3 Å². The third-order valence-corrected chi connectivity index (χ3v) is 7.04. The molecule has 2 rings (SSSR count). The van der Waals surface area contributed by atoms with Gasteiger partial charge in [-0.15, -0.1) is 0 Å². The Morgan fingerprint density at radius 3 is 1.33 bits per heavy atom. The molecule has 2 aromatic carbocycles. The van der Waals surface area contributed by atoms with Gasteiger partial charge in [0.15, 0.2) is 0 Å². The molecule has 0 aromatic heterocycles. The molecule has 0 aliphatic heterocycles. The zero-order chi connectivity index (χ0) is 30.7. The topological polar surface area (TPSA) is 13.0 Å². The Bertz CT molecular complexity index is 1160. The number of anilines is 2. The summed E-state index contributed by atoms with van der Waals surface area (Å²) in [5, 5.41) is 0. The third-order valence-electron chi connectivity index (χ3n) is 7.04. The van der Waals surface area contributed by atoms with Crippen molar-refractivity contribution in [2.24, 2.45) is 0 Å². The molecule has 0 saturated heterocycles. The van der Waals surface area contributed by atoms with Crippen molar-refractivity contribution >= 4 is 11.4 Å². The normalized spacial score (nSPS) is 12.1. The second-order valence-electron chi connectivity index (χ2n) is 10.0. The molecule has 0 fully saturated rings. The molecule has 0 saturated carbocycles. The lowest BCUT2D eigenvalue weighted by Crippen LogP contribution is -2.41. The van der Waals surface area contributed by atoms with E-state index in [4.69, 9.17) is 0 Å². The smallest absolute Gasteiger partial charge is 0.0411 e. The molecule has 0 N–H and O–H groups in total. The Balaban J connectivity index is 2.37. The van der Waals surface area contributed by atoms with Crippen molar-refractivity contribution in [3.63, 3.8) is 0 Å². The summed E-state index contributed by atoms with van der Waals surface area (Å²) in [6.07, 6.45) is 15.9. The fourth-order valence-corrected chi connectivity index (χ4v) is 4.86. The number of rotatable bonds is 19. The molecule has 2 aromatic rings. The Morgan fingerprint density at radius 2 is 0.976 bits per heavy atom. The number of allylic oxidation sites excluding steroid dienone is 10. The molecular formula is C38H50N4. The van der Waals surface area contributed by atoms with Crippen LogP contribution in [-0.4, -0.2) is 54.0 Å². The van der Waals surface area contributed by atoms with Crippen LogP contribution in [0.25, 0.3) is 0 Å². The Labute approximate surface area is 255 Å². The van der Waals surface area contributed by atoms with Gasteiger partial charge in [0.2, 0.25) is 0 Å². The van der Waals surface area contributed by atoms with Gasteiger partial charge >= 0.3 is 0 Å². The molecular weight excluding hydrogens is 512 g/mol. The Kier molecular flexibility index (Phi) is 15.3. The highest BCUT2D eigenvalue weighted by molar-refractivity contribution is 5.62. The summed E-state index contributed by atoms with van der Waals surface area (Å²) < 4.78 is 0. The second kappa shape index (κ2) is 19.0. The van der Waals surface area contributed by atoms with Gasteiger partial charge in [0, 0.05) is 73.4 Å². The first-order valence-corrected chi connectivity index (χ1v) is 14.7. The van der Waals surface area contributed by atoms with Crippen molar-refractivity contribution in [2.45, 2.75) is 27.7 Å². The van der Waals surface area contributed by atoms with Crippen LogP contribution in [0.5, 0.6) is 0 Å². The van der Waals surface area contributed by atoms with E-state index in [9.17, 15) is 0 Å². The third kappa shape index (κ3) is 10.9. The lowest BCUT2D eigenvalue weighted by Gasteiger charge is -2.34.